The van der Waals surface area contributed by atoms with Crippen molar-refractivity contribution in [2.24, 2.45) is 0 Å². The van der Waals surface area contributed by atoms with Crippen molar-refractivity contribution in [3.05, 3.63) is 71.8 Å². The molecule has 2 fully saturated rings. The van der Waals surface area contributed by atoms with Crippen molar-refractivity contribution in [1.82, 2.24) is 9.96 Å². The maximum Gasteiger partial charge on any atom is 0.272 e. The SMILES string of the molecule is O=C1CC[C@@]2(C(=O)N(O)C[C@H]2c2ccccc2)N1Cc1ccccc1. The molecule has 128 valence electrons. The summed E-state index contributed by atoms with van der Waals surface area (Å²) in [4.78, 5) is 27.3. The predicted molar refractivity (Wildman–Crippen MR) is 91.6 cm³/mol. The molecule has 1 spiro atoms. The summed E-state index contributed by atoms with van der Waals surface area (Å²) in [7, 11) is 0. The first kappa shape index (κ1) is 15.8. The Bertz CT molecular complexity index is 793. The van der Waals surface area contributed by atoms with Gasteiger partial charge in [-0.2, -0.15) is 0 Å². The standard InChI is InChI=1S/C20H20N2O3/c23-18-11-12-20(21(18)13-15-7-3-1-4-8-15)17(14-22(25)19(20)24)16-9-5-2-6-10-16/h1-10,17,25H,11-14H2/t17-,20+/m0/s1. The van der Waals surface area contributed by atoms with Crippen LogP contribution < -0.4 is 0 Å². The van der Waals surface area contributed by atoms with E-state index in [1.165, 1.54) is 0 Å². The Labute approximate surface area is 146 Å². The van der Waals surface area contributed by atoms with Gasteiger partial charge in [0.05, 0.1) is 6.54 Å². The Hall–Kier alpha value is -2.66. The number of amides is 2. The summed E-state index contributed by atoms with van der Waals surface area (Å²) < 4.78 is 0. The molecule has 2 aromatic carbocycles. The molecule has 2 atom stereocenters. The van der Waals surface area contributed by atoms with Gasteiger partial charge in [-0.25, -0.2) is 5.06 Å². The van der Waals surface area contributed by atoms with Crippen molar-refractivity contribution in [3.8, 4) is 0 Å². The van der Waals surface area contributed by atoms with Crippen LogP contribution >= 0.6 is 0 Å². The number of hydrogen-bond acceptors (Lipinski definition) is 3. The van der Waals surface area contributed by atoms with Gasteiger partial charge in [0.25, 0.3) is 5.91 Å². The molecule has 0 saturated carbocycles. The van der Waals surface area contributed by atoms with Crippen LogP contribution in [0.25, 0.3) is 0 Å². The highest BCUT2D eigenvalue weighted by atomic mass is 16.5. The molecule has 2 amide bonds. The minimum atomic E-state index is -0.997. The number of rotatable bonds is 3. The van der Waals surface area contributed by atoms with E-state index in [2.05, 4.69) is 0 Å². The average Bonchev–Trinajstić information content (AvgIpc) is 3.10. The van der Waals surface area contributed by atoms with Crippen molar-refractivity contribution >= 4 is 11.8 Å². The Morgan fingerprint density at radius 1 is 1.00 bits per heavy atom. The second-order valence-corrected chi connectivity index (χ2v) is 6.74. The maximum absolute atomic E-state index is 12.9. The highest BCUT2D eigenvalue weighted by Gasteiger charge is 2.62. The third-order valence-corrected chi connectivity index (χ3v) is 5.42. The Morgan fingerprint density at radius 3 is 2.32 bits per heavy atom. The van der Waals surface area contributed by atoms with E-state index >= 15 is 0 Å². The van der Waals surface area contributed by atoms with Gasteiger partial charge in [0.2, 0.25) is 5.91 Å². The van der Waals surface area contributed by atoms with Crippen molar-refractivity contribution in [2.75, 3.05) is 6.54 Å². The predicted octanol–water partition coefficient (Wildman–Crippen LogP) is 2.56. The number of carbonyl (C=O) groups excluding carboxylic acids is 2. The Morgan fingerprint density at radius 2 is 1.64 bits per heavy atom. The third kappa shape index (κ3) is 2.43. The van der Waals surface area contributed by atoms with Crippen LogP contribution in [0, 0.1) is 0 Å². The van der Waals surface area contributed by atoms with E-state index < -0.39 is 5.54 Å². The molecule has 0 bridgehead atoms. The van der Waals surface area contributed by atoms with Crippen LogP contribution in [0.15, 0.2) is 60.7 Å². The monoisotopic (exact) mass is 336 g/mol. The Balaban J connectivity index is 1.77. The number of hydroxylamine groups is 2. The van der Waals surface area contributed by atoms with Crippen molar-refractivity contribution in [1.29, 1.82) is 0 Å². The zero-order chi connectivity index (χ0) is 17.4. The van der Waals surface area contributed by atoms with Gasteiger partial charge < -0.3 is 4.90 Å². The molecular formula is C20H20N2O3. The van der Waals surface area contributed by atoms with E-state index in [1.54, 1.807) is 4.90 Å². The van der Waals surface area contributed by atoms with Gasteiger partial charge in [0, 0.05) is 18.9 Å². The lowest BCUT2D eigenvalue weighted by atomic mass is 9.79. The van der Waals surface area contributed by atoms with E-state index in [9.17, 15) is 14.8 Å². The first-order valence-electron chi connectivity index (χ1n) is 8.53. The second-order valence-electron chi connectivity index (χ2n) is 6.74. The van der Waals surface area contributed by atoms with E-state index in [-0.39, 0.29) is 24.3 Å². The average molecular weight is 336 g/mol. The molecule has 2 aromatic rings. The van der Waals surface area contributed by atoms with Gasteiger partial charge in [-0.3, -0.25) is 14.8 Å². The fraction of sp³-hybridized carbons (Fsp3) is 0.300. The highest BCUT2D eigenvalue weighted by Crippen LogP contribution is 2.48. The zero-order valence-corrected chi connectivity index (χ0v) is 13.8. The summed E-state index contributed by atoms with van der Waals surface area (Å²) in [5.74, 6) is -0.641. The van der Waals surface area contributed by atoms with Crippen molar-refractivity contribution in [2.45, 2.75) is 30.8 Å². The molecule has 1 N–H and O–H groups in total. The molecular weight excluding hydrogens is 316 g/mol. The van der Waals surface area contributed by atoms with Gasteiger partial charge in [-0.15, -0.1) is 0 Å². The zero-order valence-electron chi connectivity index (χ0n) is 13.8. The smallest absolute Gasteiger partial charge is 0.272 e. The molecule has 2 aliphatic rings. The largest absolute Gasteiger partial charge is 0.323 e. The number of hydrogen-bond donors (Lipinski definition) is 1. The van der Waals surface area contributed by atoms with E-state index in [0.717, 1.165) is 16.2 Å². The lowest BCUT2D eigenvalue weighted by Gasteiger charge is -2.37. The van der Waals surface area contributed by atoms with E-state index in [0.29, 0.717) is 19.4 Å². The minimum Gasteiger partial charge on any atom is -0.323 e. The fourth-order valence-electron chi connectivity index (χ4n) is 4.22. The molecule has 2 saturated heterocycles. The molecule has 0 aliphatic carbocycles. The van der Waals surface area contributed by atoms with Gasteiger partial charge in [0.15, 0.2) is 0 Å². The van der Waals surface area contributed by atoms with Crippen LogP contribution in [0.2, 0.25) is 0 Å². The maximum atomic E-state index is 12.9. The number of benzene rings is 2. The first-order valence-corrected chi connectivity index (χ1v) is 8.53. The molecule has 5 nitrogen and oxygen atoms in total. The summed E-state index contributed by atoms with van der Waals surface area (Å²) in [5, 5.41) is 11.0. The molecule has 0 unspecified atom stereocenters. The van der Waals surface area contributed by atoms with E-state index in [1.807, 2.05) is 60.7 Å². The van der Waals surface area contributed by atoms with Gasteiger partial charge in [-0.05, 0) is 17.5 Å². The first-order chi connectivity index (χ1) is 12.1. The molecule has 0 radical (unpaired) electrons. The van der Waals surface area contributed by atoms with Crippen molar-refractivity contribution < 1.29 is 14.8 Å². The van der Waals surface area contributed by atoms with Crippen LogP contribution in [-0.4, -0.2) is 39.1 Å². The summed E-state index contributed by atoms with van der Waals surface area (Å²) in [6.45, 7) is 0.587. The molecule has 25 heavy (non-hydrogen) atoms. The van der Waals surface area contributed by atoms with Crippen LogP contribution in [0.4, 0.5) is 0 Å². The molecule has 4 rings (SSSR count). The minimum absolute atomic E-state index is 0.0339. The van der Waals surface area contributed by atoms with Crippen LogP contribution in [0.1, 0.15) is 29.9 Å². The van der Waals surface area contributed by atoms with Gasteiger partial charge in [-0.1, -0.05) is 60.7 Å². The fourth-order valence-corrected chi connectivity index (χ4v) is 4.22. The summed E-state index contributed by atoms with van der Waals surface area (Å²) in [5.41, 5.74) is 0.955. The number of nitrogens with zero attached hydrogens (tertiary/aromatic N) is 2. The number of carbonyl (C=O) groups is 2. The van der Waals surface area contributed by atoms with Gasteiger partial charge in [0.1, 0.15) is 5.54 Å². The van der Waals surface area contributed by atoms with Crippen molar-refractivity contribution in [3.63, 3.8) is 0 Å². The van der Waals surface area contributed by atoms with Crippen LogP contribution in [0.3, 0.4) is 0 Å². The van der Waals surface area contributed by atoms with Gasteiger partial charge >= 0.3 is 0 Å². The summed E-state index contributed by atoms with van der Waals surface area (Å²) >= 11 is 0. The summed E-state index contributed by atoms with van der Waals surface area (Å²) in [6.07, 6.45) is 0.768. The quantitative estimate of drug-likeness (QED) is 0.877. The Kier molecular flexibility index (Phi) is 3.81. The van der Waals surface area contributed by atoms with E-state index in [4.69, 9.17) is 0 Å². The lowest BCUT2D eigenvalue weighted by molar-refractivity contribution is -0.166. The third-order valence-electron chi connectivity index (χ3n) is 5.42. The summed E-state index contributed by atoms with van der Waals surface area (Å²) in [6, 6.07) is 19.4. The molecule has 2 heterocycles. The molecule has 2 aliphatic heterocycles. The molecule has 5 heteroatoms. The number of likely N-dealkylation sites (tertiary alicyclic amines) is 1. The van der Waals surface area contributed by atoms with Crippen LogP contribution in [-0.2, 0) is 16.1 Å². The highest BCUT2D eigenvalue weighted by molar-refractivity contribution is 5.97. The topological polar surface area (TPSA) is 60.9 Å². The normalized spacial score (nSPS) is 26.0. The van der Waals surface area contributed by atoms with Crippen LogP contribution in [0.5, 0.6) is 0 Å². The lowest BCUT2D eigenvalue weighted by Crippen LogP contribution is -2.53. The second kappa shape index (κ2) is 6.01. The molecule has 0 aromatic heterocycles.